The molecule has 3 nitrogen and oxygen atoms in total. The van der Waals surface area contributed by atoms with E-state index < -0.39 is 0 Å². The van der Waals surface area contributed by atoms with Crippen LogP contribution in [0.25, 0.3) is 0 Å². The first-order chi connectivity index (χ1) is 4.43. The molecule has 1 heterocycles. The fraction of sp³-hybridized carbons (Fsp3) is 0.800. The van der Waals surface area contributed by atoms with Gasteiger partial charge >= 0.3 is 0 Å². The van der Waals surface area contributed by atoms with Crippen molar-refractivity contribution < 1.29 is 9.53 Å². The number of carbonyl (C=O) groups is 1. The zero-order chi connectivity index (χ0) is 6.53. The van der Waals surface area contributed by atoms with Crippen LogP contribution in [-0.2, 0) is 9.53 Å². The Morgan fingerprint density at radius 2 is 2.78 bits per heavy atom. The van der Waals surface area contributed by atoms with Crippen molar-refractivity contribution in [1.29, 1.82) is 0 Å². The first-order valence-corrected chi connectivity index (χ1v) is 3.88. The summed E-state index contributed by atoms with van der Waals surface area (Å²) in [4.78, 5) is 9.70. The van der Waals surface area contributed by atoms with Gasteiger partial charge in [-0.15, -0.1) is 11.8 Å². The molecule has 1 rings (SSSR count). The molecule has 1 aliphatic rings. The van der Waals surface area contributed by atoms with Gasteiger partial charge in [0.05, 0.1) is 5.37 Å². The summed E-state index contributed by atoms with van der Waals surface area (Å²) in [6, 6.07) is 0. The monoisotopic (exact) mass is 147 g/mol. The fourth-order valence-electron chi connectivity index (χ4n) is 0.714. The maximum atomic E-state index is 9.70. The highest BCUT2D eigenvalue weighted by Crippen LogP contribution is 2.12. The largest absolute Gasteiger partial charge is 0.465 e. The second-order valence-corrected chi connectivity index (χ2v) is 3.05. The Hall–Kier alpha value is -0.220. The molecule has 0 aromatic carbocycles. The van der Waals surface area contributed by atoms with Crippen LogP contribution in [-0.4, -0.2) is 30.8 Å². The quantitative estimate of drug-likeness (QED) is 0.562. The van der Waals surface area contributed by atoms with Crippen LogP contribution in [0.2, 0.25) is 0 Å². The molecule has 0 saturated carbocycles. The zero-order valence-electron chi connectivity index (χ0n) is 5.00. The molecule has 52 valence electrons. The summed E-state index contributed by atoms with van der Waals surface area (Å²) in [6.07, 6.45) is 0. The van der Waals surface area contributed by atoms with Crippen LogP contribution in [0.4, 0.5) is 0 Å². The molecule has 1 aliphatic heterocycles. The SMILES string of the molecule is O=COCC1NCCS1. The van der Waals surface area contributed by atoms with Crippen molar-refractivity contribution in [3.8, 4) is 0 Å². The minimum atomic E-state index is 0.329. The van der Waals surface area contributed by atoms with Crippen molar-refractivity contribution in [2.75, 3.05) is 18.9 Å². The molecular weight excluding hydrogens is 138 g/mol. The Morgan fingerprint density at radius 3 is 3.33 bits per heavy atom. The average molecular weight is 147 g/mol. The molecule has 0 aliphatic carbocycles. The molecule has 1 atom stereocenters. The average Bonchev–Trinajstić information content (AvgIpc) is 2.34. The van der Waals surface area contributed by atoms with Gasteiger partial charge in [-0.3, -0.25) is 4.79 Å². The normalized spacial score (nSPS) is 26.0. The molecule has 0 spiro atoms. The molecule has 1 saturated heterocycles. The number of nitrogens with one attached hydrogen (secondary N) is 1. The molecule has 0 bridgehead atoms. The number of hydrogen-bond donors (Lipinski definition) is 1. The van der Waals surface area contributed by atoms with Gasteiger partial charge < -0.3 is 10.1 Å². The predicted octanol–water partition coefficient (Wildman–Crippen LogP) is -0.178. The van der Waals surface area contributed by atoms with E-state index in [0.29, 0.717) is 18.5 Å². The summed E-state index contributed by atoms with van der Waals surface area (Å²) < 4.78 is 4.55. The Morgan fingerprint density at radius 1 is 1.89 bits per heavy atom. The molecule has 1 fully saturated rings. The summed E-state index contributed by atoms with van der Waals surface area (Å²) in [5, 5.41) is 3.50. The van der Waals surface area contributed by atoms with Crippen molar-refractivity contribution in [2.24, 2.45) is 0 Å². The third-order valence-corrected chi connectivity index (χ3v) is 2.25. The number of ether oxygens (including phenoxy) is 1. The first kappa shape index (κ1) is 6.89. The van der Waals surface area contributed by atoms with Gasteiger partial charge in [0.25, 0.3) is 6.47 Å². The number of hydrogen-bond acceptors (Lipinski definition) is 4. The second-order valence-electron chi connectivity index (χ2n) is 1.74. The Kier molecular flexibility index (Phi) is 2.86. The van der Waals surface area contributed by atoms with Crippen molar-refractivity contribution >= 4 is 18.2 Å². The highest BCUT2D eigenvalue weighted by Gasteiger charge is 2.13. The number of rotatable bonds is 3. The summed E-state index contributed by atoms with van der Waals surface area (Å²) in [5.74, 6) is 1.12. The molecule has 1 N–H and O–H groups in total. The lowest BCUT2D eigenvalue weighted by atomic mass is 10.6. The predicted molar refractivity (Wildman–Crippen MR) is 36.3 cm³/mol. The fourth-order valence-corrected chi connectivity index (χ4v) is 1.64. The van der Waals surface area contributed by atoms with Crippen LogP contribution >= 0.6 is 11.8 Å². The van der Waals surface area contributed by atoms with Crippen LogP contribution < -0.4 is 5.32 Å². The molecule has 0 radical (unpaired) electrons. The third-order valence-electron chi connectivity index (χ3n) is 1.11. The van der Waals surface area contributed by atoms with E-state index in [9.17, 15) is 4.79 Å². The molecule has 0 aromatic rings. The molecular formula is C5H9NO2S. The van der Waals surface area contributed by atoms with Crippen molar-refractivity contribution in [3.63, 3.8) is 0 Å². The summed E-state index contributed by atoms with van der Waals surface area (Å²) in [7, 11) is 0. The Labute approximate surface area is 58.1 Å². The van der Waals surface area contributed by atoms with E-state index in [-0.39, 0.29) is 0 Å². The Balaban J connectivity index is 2.04. The van der Waals surface area contributed by atoms with Gasteiger partial charge in [0.15, 0.2) is 0 Å². The van der Waals surface area contributed by atoms with Crippen LogP contribution in [0.15, 0.2) is 0 Å². The topological polar surface area (TPSA) is 38.3 Å². The summed E-state index contributed by atoms with van der Waals surface area (Å²) in [5.41, 5.74) is 0. The van der Waals surface area contributed by atoms with E-state index in [2.05, 4.69) is 10.1 Å². The second kappa shape index (κ2) is 3.74. The third kappa shape index (κ3) is 2.24. The van der Waals surface area contributed by atoms with E-state index in [1.165, 1.54) is 0 Å². The number of carbonyl (C=O) groups excluding carboxylic acids is 1. The highest BCUT2D eigenvalue weighted by atomic mass is 32.2. The lowest BCUT2D eigenvalue weighted by Crippen LogP contribution is -2.24. The maximum Gasteiger partial charge on any atom is 0.293 e. The minimum absolute atomic E-state index is 0.329. The minimum Gasteiger partial charge on any atom is -0.465 e. The van der Waals surface area contributed by atoms with E-state index in [4.69, 9.17) is 0 Å². The van der Waals surface area contributed by atoms with Gasteiger partial charge in [-0.2, -0.15) is 0 Å². The lowest BCUT2D eigenvalue weighted by Gasteiger charge is -2.05. The lowest BCUT2D eigenvalue weighted by molar-refractivity contribution is -0.128. The van der Waals surface area contributed by atoms with Crippen LogP contribution in [0, 0.1) is 0 Å². The van der Waals surface area contributed by atoms with Gasteiger partial charge in [0.2, 0.25) is 0 Å². The first-order valence-electron chi connectivity index (χ1n) is 2.83. The highest BCUT2D eigenvalue weighted by molar-refractivity contribution is 8.00. The van der Waals surface area contributed by atoms with Crippen LogP contribution in [0.1, 0.15) is 0 Å². The molecule has 9 heavy (non-hydrogen) atoms. The van der Waals surface area contributed by atoms with E-state index >= 15 is 0 Å². The Bertz CT molecular complexity index is 93.0. The zero-order valence-corrected chi connectivity index (χ0v) is 5.82. The summed E-state index contributed by atoms with van der Waals surface area (Å²) in [6.45, 7) is 2.01. The van der Waals surface area contributed by atoms with Crippen LogP contribution in [0.5, 0.6) is 0 Å². The van der Waals surface area contributed by atoms with Gasteiger partial charge in [-0.1, -0.05) is 0 Å². The molecule has 0 amide bonds. The standard InChI is InChI=1S/C5H9NO2S/c7-4-8-3-5-6-1-2-9-5/h4-6H,1-3H2. The summed E-state index contributed by atoms with van der Waals surface area (Å²) >= 11 is 1.79. The van der Waals surface area contributed by atoms with Gasteiger partial charge in [0, 0.05) is 12.3 Å². The molecule has 0 aromatic heterocycles. The maximum absolute atomic E-state index is 9.70. The smallest absolute Gasteiger partial charge is 0.293 e. The van der Waals surface area contributed by atoms with Crippen molar-refractivity contribution in [3.05, 3.63) is 0 Å². The van der Waals surface area contributed by atoms with E-state index in [0.717, 1.165) is 12.3 Å². The van der Waals surface area contributed by atoms with Gasteiger partial charge in [-0.05, 0) is 0 Å². The van der Waals surface area contributed by atoms with Crippen LogP contribution in [0.3, 0.4) is 0 Å². The van der Waals surface area contributed by atoms with Crippen molar-refractivity contribution in [2.45, 2.75) is 5.37 Å². The number of thioether (sulfide) groups is 1. The molecule has 1 unspecified atom stereocenters. The van der Waals surface area contributed by atoms with Crippen molar-refractivity contribution in [1.82, 2.24) is 5.32 Å². The van der Waals surface area contributed by atoms with Gasteiger partial charge in [0.1, 0.15) is 6.61 Å². The molecule has 4 heteroatoms. The van der Waals surface area contributed by atoms with E-state index in [1.54, 1.807) is 11.8 Å². The van der Waals surface area contributed by atoms with E-state index in [1.807, 2.05) is 0 Å². The van der Waals surface area contributed by atoms with Gasteiger partial charge in [-0.25, -0.2) is 0 Å².